The molecule has 3 aromatic rings. The van der Waals surface area contributed by atoms with Crippen LogP contribution in [0.15, 0.2) is 48.9 Å². The van der Waals surface area contributed by atoms with E-state index in [0.29, 0.717) is 23.7 Å². The van der Waals surface area contributed by atoms with Gasteiger partial charge in [0.15, 0.2) is 11.5 Å². The number of ether oxygens (including phenoxy) is 2. The van der Waals surface area contributed by atoms with Gasteiger partial charge in [-0.3, -0.25) is 14.7 Å². The maximum atomic E-state index is 12.7. The number of carbonyl (C=O) groups excluding carboxylic acids is 1. The Morgan fingerprint density at radius 1 is 1.19 bits per heavy atom. The molecule has 0 unspecified atom stereocenters. The number of hydrogen-bond donors (Lipinski definition) is 1. The molecule has 1 amide bonds. The van der Waals surface area contributed by atoms with E-state index in [1.54, 1.807) is 18.5 Å². The number of aryl methyl sites for hydroxylation is 1. The first-order valence-corrected chi connectivity index (χ1v) is 10.8. The number of nitrogens with zero attached hydrogens (tertiary/aromatic N) is 4. The topological polar surface area (TPSA) is 89.5 Å². The van der Waals surface area contributed by atoms with Crippen LogP contribution in [0.4, 0.5) is 5.69 Å². The second-order valence-corrected chi connectivity index (χ2v) is 8.14. The van der Waals surface area contributed by atoms with E-state index >= 15 is 0 Å². The molecule has 0 aliphatic carbocycles. The summed E-state index contributed by atoms with van der Waals surface area (Å²) in [6.07, 6.45) is 7.52. The number of carbonyl (C=O) groups is 1. The average molecular weight is 431 g/mol. The van der Waals surface area contributed by atoms with Gasteiger partial charge in [0.25, 0.3) is 0 Å². The number of pyridine rings is 1. The van der Waals surface area contributed by atoms with Crippen molar-refractivity contribution in [2.75, 3.05) is 31.7 Å². The van der Waals surface area contributed by atoms with E-state index in [2.05, 4.69) is 20.2 Å². The zero-order valence-electron chi connectivity index (χ0n) is 18.0. The fourth-order valence-electron chi connectivity index (χ4n) is 4.35. The number of aromatic nitrogens is 3. The lowest BCUT2D eigenvalue weighted by atomic mass is 9.90. The first-order valence-electron chi connectivity index (χ1n) is 10.8. The third-order valence-corrected chi connectivity index (χ3v) is 5.85. The number of anilines is 1. The molecule has 1 aromatic carbocycles. The van der Waals surface area contributed by atoms with Crippen LogP contribution in [0.2, 0.25) is 0 Å². The third kappa shape index (κ3) is 4.40. The highest BCUT2D eigenvalue weighted by atomic mass is 16.7. The molecular weight excluding hydrogens is 406 g/mol. The largest absolute Gasteiger partial charge is 0.454 e. The van der Waals surface area contributed by atoms with Gasteiger partial charge in [0.2, 0.25) is 12.7 Å². The lowest BCUT2D eigenvalue weighted by Gasteiger charge is -2.32. The zero-order valence-corrected chi connectivity index (χ0v) is 18.0. The molecular formula is C24H25N5O3. The van der Waals surface area contributed by atoms with Crippen molar-refractivity contribution < 1.29 is 14.3 Å². The summed E-state index contributed by atoms with van der Waals surface area (Å²) in [6, 6.07) is 9.40. The normalized spacial score (nSPS) is 17.8. The molecule has 2 aliphatic rings. The number of hydrogen-bond acceptors (Lipinski definition) is 7. The highest BCUT2D eigenvalue weighted by Gasteiger charge is 2.26. The first kappa shape index (κ1) is 20.4. The van der Waals surface area contributed by atoms with Gasteiger partial charge in [0, 0.05) is 48.4 Å². The molecule has 1 atom stereocenters. The number of fused-ring (bicyclic) bond motifs is 1. The Morgan fingerprint density at radius 2 is 2.03 bits per heavy atom. The van der Waals surface area contributed by atoms with Crippen LogP contribution in [0.5, 0.6) is 11.5 Å². The van der Waals surface area contributed by atoms with E-state index in [0.717, 1.165) is 48.6 Å². The maximum Gasteiger partial charge on any atom is 0.238 e. The van der Waals surface area contributed by atoms with Crippen molar-refractivity contribution in [1.82, 2.24) is 19.9 Å². The fourth-order valence-corrected chi connectivity index (χ4v) is 4.35. The van der Waals surface area contributed by atoms with Crippen molar-refractivity contribution in [2.24, 2.45) is 0 Å². The predicted octanol–water partition coefficient (Wildman–Crippen LogP) is 3.39. The van der Waals surface area contributed by atoms with Crippen LogP contribution >= 0.6 is 0 Å². The molecule has 32 heavy (non-hydrogen) atoms. The lowest BCUT2D eigenvalue weighted by molar-refractivity contribution is -0.117. The second kappa shape index (κ2) is 8.92. The molecule has 2 aromatic heterocycles. The summed E-state index contributed by atoms with van der Waals surface area (Å²) in [4.78, 5) is 28.3. The van der Waals surface area contributed by atoms with E-state index in [1.807, 2.05) is 37.4 Å². The van der Waals surface area contributed by atoms with Crippen molar-refractivity contribution in [3.8, 4) is 22.6 Å². The van der Waals surface area contributed by atoms with Gasteiger partial charge in [-0.25, -0.2) is 9.97 Å². The molecule has 1 saturated heterocycles. The standard InChI is InChI=1S/C24H25N5O3/c1-16-26-12-20(17-6-8-25-9-7-17)24(27-16)18-3-2-10-29(13-18)14-23(30)28-19-4-5-21-22(11-19)32-15-31-21/h4-9,11-12,18H,2-3,10,13-15H2,1H3,(H,28,30)/t18-/m1/s1. The summed E-state index contributed by atoms with van der Waals surface area (Å²) in [7, 11) is 0. The fraction of sp³-hybridized carbons (Fsp3) is 0.333. The molecule has 0 bridgehead atoms. The van der Waals surface area contributed by atoms with Crippen LogP contribution in [-0.2, 0) is 4.79 Å². The zero-order chi connectivity index (χ0) is 21.9. The van der Waals surface area contributed by atoms with E-state index < -0.39 is 0 Å². The van der Waals surface area contributed by atoms with Gasteiger partial charge in [0.1, 0.15) is 5.82 Å². The predicted molar refractivity (Wildman–Crippen MR) is 120 cm³/mol. The minimum absolute atomic E-state index is 0.0438. The quantitative estimate of drug-likeness (QED) is 0.662. The molecule has 0 saturated carbocycles. The Kier molecular flexibility index (Phi) is 5.68. The van der Waals surface area contributed by atoms with Crippen molar-refractivity contribution in [2.45, 2.75) is 25.7 Å². The highest BCUT2D eigenvalue weighted by molar-refractivity contribution is 5.92. The Balaban J connectivity index is 1.28. The van der Waals surface area contributed by atoms with Gasteiger partial charge >= 0.3 is 0 Å². The minimum atomic E-state index is -0.0438. The van der Waals surface area contributed by atoms with Crippen LogP contribution in [0.1, 0.15) is 30.3 Å². The van der Waals surface area contributed by atoms with Crippen LogP contribution in [0.3, 0.4) is 0 Å². The molecule has 1 fully saturated rings. The number of nitrogens with one attached hydrogen (secondary N) is 1. The van der Waals surface area contributed by atoms with Crippen molar-refractivity contribution in [3.63, 3.8) is 0 Å². The molecule has 4 heterocycles. The summed E-state index contributed by atoms with van der Waals surface area (Å²) in [5.74, 6) is 2.32. The summed E-state index contributed by atoms with van der Waals surface area (Å²) in [5.41, 5.74) is 3.85. The molecule has 164 valence electrons. The number of benzene rings is 1. The first-order chi connectivity index (χ1) is 15.7. The SMILES string of the molecule is Cc1ncc(-c2ccncc2)c([C@@H]2CCCN(CC(=O)Nc3ccc4c(c3)OCO4)C2)n1. The van der Waals surface area contributed by atoms with E-state index in [1.165, 1.54) is 0 Å². The smallest absolute Gasteiger partial charge is 0.238 e. The summed E-state index contributed by atoms with van der Waals surface area (Å²) >= 11 is 0. The van der Waals surface area contributed by atoms with Gasteiger partial charge in [0.05, 0.1) is 12.2 Å². The van der Waals surface area contributed by atoms with Crippen molar-refractivity contribution >= 4 is 11.6 Å². The number of rotatable bonds is 5. The van der Waals surface area contributed by atoms with E-state index in [-0.39, 0.29) is 18.6 Å². The Hall–Kier alpha value is -3.52. The minimum Gasteiger partial charge on any atom is -0.454 e. The maximum absolute atomic E-state index is 12.7. The molecule has 0 radical (unpaired) electrons. The summed E-state index contributed by atoms with van der Waals surface area (Å²) in [6.45, 7) is 4.13. The highest BCUT2D eigenvalue weighted by Crippen LogP contribution is 2.35. The Bertz CT molecular complexity index is 1120. The summed E-state index contributed by atoms with van der Waals surface area (Å²) in [5, 5.41) is 2.97. The average Bonchev–Trinajstić information content (AvgIpc) is 3.28. The van der Waals surface area contributed by atoms with E-state index in [4.69, 9.17) is 14.5 Å². The molecule has 8 nitrogen and oxygen atoms in total. The molecule has 1 N–H and O–H groups in total. The summed E-state index contributed by atoms with van der Waals surface area (Å²) < 4.78 is 10.7. The van der Waals surface area contributed by atoms with Gasteiger partial charge in [-0.1, -0.05) is 0 Å². The molecule has 8 heteroatoms. The molecule has 5 rings (SSSR count). The monoisotopic (exact) mass is 431 g/mol. The number of likely N-dealkylation sites (tertiary alicyclic amines) is 1. The van der Waals surface area contributed by atoms with Gasteiger partial charge in [-0.2, -0.15) is 0 Å². The second-order valence-electron chi connectivity index (χ2n) is 8.14. The van der Waals surface area contributed by atoms with Gasteiger partial charge in [-0.15, -0.1) is 0 Å². The Labute approximate surface area is 186 Å². The Morgan fingerprint density at radius 3 is 2.91 bits per heavy atom. The van der Waals surface area contributed by atoms with Crippen LogP contribution < -0.4 is 14.8 Å². The van der Waals surface area contributed by atoms with Crippen LogP contribution in [-0.4, -0.2) is 52.2 Å². The molecule has 2 aliphatic heterocycles. The number of piperidine rings is 1. The van der Waals surface area contributed by atoms with Gasteiger partial charge < -0.3 is 14.8 Å². The van der Waals surface area contributed by atoms with Crippen molar-refractivity contribution in [1.29, 1.82) is 0 Å². The van der Waals surface area contributed by atoms with Crippen LogP contribution in [0.25, 0.3) is 11.1 Å². The van der Waals surface area contributed by atoms with Crippen molar-refractivity contribution in [3.05, 3.63) is 60.4 Å². The van der Waals surface area contributed by atoms with E-state index in [9.17, 15) is 4.79 Å². The number of amides is 1. The van der Waals surface area contributed by atoms with Gasteiger partial charge in [-0.05, 0) is 56.1 Å². The molecule has 0 spiro atoms. The third-order valence-electron chi connectivity index (χ3n) is 5.85. The lowest BCUT2D eigenvalue weighted by Crippen LogP contribution is -2.40. The van der Waals surface area contributed by atoms with Crippen LogP contribution in [0, 0.1) is 6.92 Å².